The third kappa shape index (κ3) is 3.52. The minimum Gasteiger partial charge on any atom is -0.385 e. The molecule has 2 heterocycles. The summed E-state index contributed by atoms with van der Waals surface area (Å²) in [6, 6.07) is 19.9. The van der Waals surface area contributed by atoms with Gasteiger partial charge >= 0.3 is 0 Å². The van der Waals surface area contributed by atoms with E-state index in [0.29, 0.717) is 25.3 Å². The van der Waals surface area contributed by atoms with Crippen molar-refractivity contribution in [2.24, 2.45) is 0 Å². The van der Waals surface area contributed by atoms with Crippen molar-refractivity contribution < 1.29 is 9.90 Å². The minimum absolute atomic E-state index is 0.0411. The molecule has 0 saturated carbocycles. The molecule has 1 amide bonds. The largest absolute Gasteiger partial charge is 0.385 e. The average molecular weight is 468 g/mol. The topological polar surface area (TPSA) is 56.7 Å². The van der Waals surface area contributed by atoms with Crippen LogP contribution in [0.4, 0.5) is 5.69 Å². The van der Waals surface area contributed by atoms with Crippen LogP contribution < -0.4 is 4.90 Å². The SMILES string of the molecule is CCCN(C=O)c1cncc(C2(O)CCN(CC34CC(c5ccccc53)c3ccccc34)CC2)c1. The Bertz CT molecular complexity index is 1200. The maximum absolute atomic E-state index is 11.6. The molecule has 0 spiro atoms. The van der Waals surface area contributed by atoms with Crippen molar-refractivity contribution in [2.75, 3.05) is 31.1 Å². The first-order valence-electron chi connectivity index (χ1n) is 12.9. The first kappa shape index (κ1) is 22.4. The highest BCUT2D eigenvalue weighted by Gasteiger charge is 2.53. The Morgan fingerprint density at radius 3 is 2.34 bits per heavy atom. The summed E-state index contributed by atoms with van der Waals surface area (Å²) >= 11 is 0. The molecule has 6 rings (SSSR count). The zero-order valence-corrected chi connectivity index (χ0v) is 20.4. The summed E-state index contributed by atoms with van der Waals surface area (Å²) in [5.74, 6) is 0.502. The van der Waals surface area contributed by atoms with Gasteiger partial charge in [0.25, 0.3) is 0 Å². The summed E-state index contributed by atoms with van der Waals surface area (Å²) < 4.78 is 0. The van der Waals surface area contributed by atoms with Crippen LogP contribution in [0, 0.1) is 0 Å². The fourth-order valence-electron chi connectivity index (χ4n) is 6.88. The highest BCUT2D eigenvalue weighted by Crippen LogP contribution is 2.60. The third-order valence-electron chi connectivity index (χ3n) is 8.62. The highest BCUT2D eigenvalue weighted by molar-refractivity contribution is 5.74. The van der Waals surface area contributed by atoms with Gasteiger partial charge in [0.05, 0.1) is 17.5 Å². The maximum atomic E-state index is 11.6. The van der Waals surface area contributed by atoms with E-state index in [-0.39, 0.29) is 5.41 Å². The van der Waals surface area contributed by atoms with Crippen LogP contribution in [0.1, 0.15) is 66.3 Å². The van der Waals surface area contributed by atoms with Gasteiger partial charge < -0.3 is 14.9 Å². The van der Waals surface area contributed by atoms with E-state index in [1.807, 2.05) is 13.0 Å². The maximum Gasteiger partial charge on any atom is 0.214 e. The van der Waals surface area contributed by atoms with Crippen molar-refractivity contribution in [3.8, 4) is 0 Å². The predicted molar refractivity (Wildman–Crippen MR) is 138 cm³/mol. The Balaban J connectivity index is 1.23. The molecule has 1 fully saturated rings. The number of aliphatic hydroxyl groups is 1. The van der Waals surface area contributed by atoms with E-state index >= 15 is 0 Å². The molecule has 2 bridgehead atoms. The van der Waals surface area contributed by atoms with Crippen LogP contribution in [0.3, 0.4) is 0 Å². The molecule has 1 aromatic heterocycles. The van der Waals surface area contributed by atoms with E-state index in [2.05, 4.69) is 58.4 Å². The summed E-state index contributed by atoms with van der Waals surface area (Å²) in [6.45, 7) is 5.35. The molecular formula is C30H33N3O2. The fourth-order valence-corrected chi connectivity index (χ4v) is 6.88. The third-order valence-corrected chi connectivity index (χ3v) is 8.62. The van der Waals surface area contributed by atoms with Crippen molar-refractivity contribution in [2.45, 2.75) is 49.5 Å². The molecule has 0 unspecified atom stereocenters. The van der Waals surface area contributed by atoms with E-state index in [9.17, 15) is 9.90 Å². The molecule has 2 aromatic carbocycles. The van der Waals surface area contributed by atoms with E-state index in [4.69, 9.17) is 0 Å². The zero-order valence-electron chi connectivity index (χ0n) is 20.4. The van der Waals surface area contributed by atoms with Crippen LogP contribution in [-0.4, -0.2) is 47.6 Å². The van der Waals surface area contributed by atoms with Gasteiger partial charge in [-0.1, -0.05) is 55.5 Å². The van der Waals surface area contributed by atoms with Crippen LogP contribution in [0.25, 0.3) is 0 Å². The van der Waals surface area contributed by atoms with Gasteiger partial charge in [-0.15, -0.1) is 0 Å². The normalized spacial score (nSPS) is 24.1. The number of hydrogen-bond acceptors (Lipinski definition) is 4. The van der Waals surface area contributed by atoms with Gasteiger partial charge in [0.15, 0.2) is 0 Å². The smallest absolute Gasteiger partial charge is 0.214 e. The number of nitrogens with zero attached hydrogens (tertiary/aromatic N) is 3. The molecule has 0 radical (unpaired) electrons. The Morgan fingerprint density at radius 2 is 1.71 bits per heavy atom. The quantitative estimate of drug-likeness (QED) is 0.517. The number of hydrogen-bond donors (Lipinski definition) is 1. The monoisotopic (exact) mass is 467 g/mol. The second-order valence-electron chi connectivity index (χ2n) is 10.6. The first-order valence-corrected chi connectivity index (χ1v) is 12.9. The van der Waals surface area contributed by atoms with Crippen molar-refractivity contribution in [3.63, 3.8) is 0 Å². The fraction of sp³-hybridized carbons (Fsp3) is 0.400. The lowest BCUT2D eigenvalue weighted by atomic mass is 9.74. The average Bonchev–Trinajstić information content (AvgIpc) is 3.41. The van der Waals surface area contributed by atoms with Gasteiger partial charge in [0, 0.05) is 49.3 Å². The van der Waals surface area contributed by atoms with Crippen molar-refractivity contribution in [1.29, 1.82) is 0 Å². The van der Waals surface area contributed by atoms with Crippen LogP contribution in [-0.2, 0) is 15.8 Å². The number of pyridine rings is 1. The van der Waals surface area contributed by atoms with Gasteiger partial charge in [-0.2, -0.15) is 0 Å². The summed E-state index contributed by atoms with van der Waals surface area (Å²) in [7, 11) is 0. The summed E-state index contributed by atoms with van der Waals surface area (Å²) in [5.41, 5.74) is 6.67. The Labute approximate surface area is 207 Å². The first-order chi connectivity index (χ1) is 17.1. The molecule has 2 aliphatic carbocycles. The number of carbonyl (C=O) groups excluding carboxylic acids is 1. The molecule has 1 N–H and O–H groups in total. The predicted octanol–water partition coefficient (Wildman–Crippen LogP) is 4.57. The molecule has 0 atom stereocenters. The number of piperidine rings is 1. The molecule has 180 valence electrons. The number of likely N-dealkylation sites (tertiary alicyclic amines) is 1. The number of anilines is 1. The van der Waals surface area contributed by atoms with Gasteiger partial charge in [0.2, 0.25) is 6.41 Å². The molecule has 3 aromatic rings. The number of aromatic nitrogens is 1. The Kier molecular flexibility index (Phi) is 5.50. The van der Waals surface area contributed by atoms with Crippen LogP contribution >= 0.6 is 0 Å². The second kappa shape index (κ2) is 8.58. The molecule has 5 nitrogen and oxygen atoms in total. The van der Waals surface area contributed by atoms with Crippen molar-refractivity contribution in [1.82, 2.24) is 9.88 Å². The standard InChI is InChI=1S/C30H33N3O2/c1-2-13-33(21-34)23-16-22(18-31-19-23)30(35)11-14-32(15-12-30)20-29-17-26(24-7-3-5-9-27(24)29)25-8-4-6-10-28(25)29/h3-10,16,18-19,21,26,35H,2,11-15,17,20H2,1H3. The highest BCUT2D eigenvalue weighted by atomic mass is 16.3. The number of amides is 1. The second-order valence-corrected chi connectivity index (χ2v) is 10.6. The van der Waals surface area contributed by atoms with Crippen LogP contribution in [0.15, 0.2) is 67.0 Å². The summed E-state index contributed by atoms with van der Waals surface area (Å²) in [5, 5.41) is 11.6. The minimum atomic E-state index is -0.915. The molecule has 5 heteroatoms. The van der Waals surface area contributed by atoms with E-state index in [0.717, 1.165) is 50.1 Å². The van der Waals surface area contributed by atoms with E-state index in [1.54, 1.807) is 17.3 Å². The molecule has 35 heavy (non-hydrogen) atoms. The van der Waals surface area contributed by atoms with E-state index < -0.39 is 5.60 Å². The summed E-state index contributed by atoms with van der Waals surface area (Å²) in [6.07, 6.45) is 7.66. The van der Waals surface area contributed by atoms with E-state index in [1.165, 1.54) is 22.3 Å². The van der Waals surface area contributed by atoms with Gasteiger partial charge in [-0.3, -0.25) is 9.78 Å². The lowest BCUT2D eigenvalue weighted by Crippen LogP contribution is -2.47. The molecule has 1 saturated heterocycles. The lowest BCUT2D eigenvalue weighted by Gasteiger charge is -2.42. The van der Waals surface area contributed by atoms with Gasteiger partial charge in [0.1, 0.15) is 0 Å². The van der Waals surface area contributed by atoms with Gasteiger partial charge in [-0.25, -0.2) is 0 Å². The Hall–Kier alpha value is -3.02. The number of carbonyl (C=O) groups is 1. The molecular weight excluding hydrogens is 434 g/mol. The summed E-state index contributed by atoms with van der Waals surface area (Å²) in [4.78, 5) is 20.1. The number of benzene rings is 2. The zero-order chi connectivity index (χ0) is 24.0. The lowest BCUT2D eigenvalue weighted by molar-refractivity contribution is -0.107. The van der Waals surface area contributed by atoms with Crippen molar-refractivity contribution >= 4 is 12.1 Å². The number of rotatable bonds is 7. The van der Waals surface area contributed by atoms with Gasteiger partial charge in [-0.05, 0) is 54.0 Å². The number of fused-ring (bicyclic) bond motifs is 8. The van der Waals surface area contributed by atoms with Crippen molar-refractivity contribution in [3.05, 3.63) is 94.8 Å². The van der Waals surface area contributed by atoms with Crippen LogP contribution in [0.2, 0.25) is 0 Å². The molecule has 1 aliphatic heterocycles. The molecule has 3 aliphatic rings. The van der Waals surface area contributed by atoms with Crippen LogP contribution in [0.5, 0.6) is 0 Å². The Morgan fingerprint density at radius 1 is 1.06 bits per heavy atom.